The quantitative estimate of drug-likeness (QED) is 0.303. The first-order valence-electron chi connectivity index (χ1n) is 13.4. The summed E-state index contributed by atoms with van der Waals surface area (Å²) in [7, 11) is -2.32. The lowest BCUT2D eigenvalue weighted by molar-refractivity contribution is -0.140. The molecule has 1 atom stereocenters. The van der Waals surface area contributed by atoms with E-state index in [0.717, 1.165) is 21.7 Å². The number of anilines is 1. The van der Waals surface area contributed by atoms with Crippen molar-refractivity contribution in [1.29, 1.82) is 0 Å². The Morgan fingerprint density at radius 1 is 0.976 bits per heavy atom. The first-order valence-corrected chi connectivity index (χ1v) is 15.6. The van der Waals surface area contributed by atoms with Gasteiger partial charge in [0.05, 0.1) is 19.1 Å². The summed E-state index contributed by atoms with van der Waals surface area (Å²) >= 11 is 6.11. The van der Waals surface area contributed by atoms with Crippen LogP contribution in [0.25, 0.3) is 0 Å². The molecule has 0 bridgehead atoms. The van der Waals surface area contributed by atoms with Crippen LogP contribution >= 0.6 is 11.6 Å². The van der Waals surface area contributed by atoms with Crippen molar-refractivity contribution >= 4 is 39.1 Å². The molecular weight excluding hydrogens is 562 g/mol. The van der Waals surface area contributed by atoms with Crippen LogP contribution < -0.4 is 14.4 Å². The van der Waals surface area contributed by atoms with Crippen LogP contribution in [0.3, 0.4) is 0 Å². The highest BCUT2D eigenvalue weighted by atomic mass is 35.5. The maximum Gasteiger partial charge on any atom is 0.244 e. The fraction of sp³-hybridized carbons (Fsp3) is 0.355. The molecule has 0 saturated carbocycles. The van der Waals surface area contributed by atoms with Crippen molar-refractivity contribution in [3.8, 4) is 5.75 Å². The Bertz CT molecular complexity index is 1450. The number of hydrogen-bond donors (Lipinski definition) is 1. The maximum atomic E-state index is 14.2. The molecule has 0 heterocycles. The summed E-state index contributed by atoms with van der Waals surface area (Å²) in [6, 6.07) is 20.6. The number of aryl methyl sites for hydroxylation is 1. The normalized spacial score (nSPS) is 12.1. The van der Waals surface area contributed by atoms with Gasteiger partial charge in [0, 0.05) is 24.5 Å². The minimum atomic E-state index is -3.87. The molecule has 0 fully saturated rings. The number of rotatable bonds is 13. The van der Waals surface area contributed by atoms with E-state index in [1.54, 1.807) is 44.4 Å². The average molecular weight is 600 g/mol. The predicted octanol–water partition coefficient (Wildman–Crippen LogP) is 4.84. The minimum absolute atomic E-state index is 0.0693. The number of methoxy groups -OCH3 is 1. The van der Waals surface area contributed by atoms with E-state index >= 15 is 0 Å². The molecule has 0 radical (unpaired) electrons. The van der Waals surface area contributed by atoms with Crippen molar-refractivity contribution < 1.29 is 22.7 Å². The Balaban J connectivity index is 2.08. The van der Waals surface area contributed by atoms with Crippen LogP contribution in [0.4, 0.5) is 5.69 Å². The van der Waals surface area contributed by atoms with E-state index in [1.165, 1.54) is 4.90 Å². The number of nitrogens with zero attached hydrogens (tertiary/aromatic N) is 2. The van der Waals surface area contributed by atoms with Crippen molar-refractivity contribution in [1.82, 2.24) is 10.2 Å². The highest BCUT2D eigenvalue weighted by Crippen LogP contribution is 2.26. The molecule has 0 aliphatic heterocycles. The van der Waals surface area contributed by atoms with E-state index in [2.05, 4.69) is 5.32 Å². The molecule has 8 nitrogen and oxygen atoms in total. The first kappa shape index (κ1) is 32.0. The highest BCUT2D eigenvalue weighted by molar-refractivity contribution is 7.92. The number of ether oxygens (including phenoxy) is 1. The number of halogens is 1. The van der Waals surface area contributed by atoms with Crippen molar-refractivity contribution in [3.05, 3.63) is 94.5 Å². The molecule has 0 aromatic heterocycles. The molecule has 3 rings (SSSR count). The second kappa shape index (κ2) is 14.4. The first-order chi connectivity index (χ1) is 19.4. The van der Waals surface area contributed by atoms with E-state index in [-0.39, 0.29) is 24.8 Å². The molecule has 41 heavy (non-hydrogen) atoms. The predicted molar refractivity (Wildman–Crippen MR) is 164 cm³/mol. The SMILES string of the molecule is COc1cccc(CN(C(=O)CN(c2ccc(Cl)cc2C)S(C)(=O)=O)C(Cc2ccccc2)C(=O)NCC(C)C)c1. The number of nitrogens with one attached hydrogen (secondary N) is 1. The van der Waals surface area contributed by atoms with Crippen molar-refractivity contribution in [3.63, 3.8) is 0 Å². The summed E-state index contributed by atoms with van der Waals surface area (Å²) in [5.41, 5.74) is 2.55. The van der Waals surface area contributed by atoms with Gasteiger partial charge in [-0.2, -0.15) is 0 Å². The summed E-state index contributed by atoms with van der Waals surface area (Å²) in [6.07, 6.45) is 1.30. The van der Waals surface area contributed by atoms with Gasteiger partial charge in [-0.05, 0) is 59.9 Å². The van der Waals surface area contributed by atoms with E-state index < -0.39 is 28.5 Å². The standard InChI is InChI=1S/C31H38ClN3O5S/c1-22(2)19-33-31(37)29(18-24-10-7-6-8-11-24)34(20-25-12-9-13-27(17-25)40-4)30(36)21-35(41(5,38)39)28-15-14-26(32)16-23(28)3/h6-17,22,29H,18-21H2,1-5H3,(H,33,37). The summed E-state index contributed by atoms with van der Waals surface area (Å²) in [5, 5.41) is 3.43. The lowest BCUT2D eigenvalue weighted by atomic mass is 10.0. The number of benzene rings is 3. The van der Waals surface area contributed by atoms with Crippen molar-refractivity contribution in [2.24, 2.45) is 5.92 Å². The van der Waals surface area contributed by atoms with Gasteiger partial charge in [0.15, 0.2) is 0 Å². The Kier molecular flexibility index (Phi) is 11.2. The van der Waals surface area contributed by atoms with Gasteiger partial charge in [-0.15, -0.1) is 0 Å². The number of sulfonamides is 1. The van der Waals surface area contributed by atoms with Gasteiger partial charge in [-0.1, -0.05) is 67.9 Å². The average Bonchev–Trinajstić information content (AvgIpc) is 2.92. The van der Waals surface area contributed by atoms with Crippen molar-refractivity contribution in [2.75, 3.05) is 30.8 Å². The molecule has 1 unspecified atom stereocenters. The zero-order valence-electron chi connectivity index (χ0n) is 24.1. The monoisotopic (exact) mass is 599 g/mol. The fourth-order valence-corrected chi connectivity index (χ4v) is 5.57. The second-order valence-electron chi connectivity index (χ2n) is 10.4. The molecule has 0 spiro atoms. The lowest BCUT2D eigenvalue weighted by Gasteiger charge is -2.34. The smallest absolute Gasteiger partial charge is 0.244 e. The molecule has 0 aliphatic carbocycles. The Morgan fingerprint density at radius 2 is 1.66 bits per heavy atom. The van der Waals surface area contributed by atoms with Gasteiger partial charge in [-0.25, -0.2) is 8.42 Å². The molecule has 3 aromatic rings. The number of carbonyl (C=O) groups excluding carboxylic acids is 2. The second-order valence-corrected chi connectivity index (χ2v) is 12.8. The molecular formula is C31H38ClN3O5S. The summed E-state index contributed by atoms with van der Waals surface area (Å²) < 4.78 is 32.4. The van der Waals surface area contributed by atoms with E-state index in [9.17, 15) is 18.0 Å². The fourth-order valence-electron chi connectivity index (χ4n) is 4.44. The molecule has 220 valence electrons. The molecule has 3 aromatic carbocycles. The number of hydrogen-bond acceptors (Lipinski definition) is 5. The third-order valence-corrected chi connectivity index (χ3v) is 7.91. The van der Waals surface area contributed by atoms with Gasteiger partial charge < -0.3 is 15.0 Å². The molecule has 0 aliphatic rings. The molecule has 10 heteroatoms. The van der Waals surface area contributed by atoms with Gasteiger partial charge in [0.2, 0.25) is 21.8 Å². The van der Waals surface area contributed by atoms with Gasteiger partial charge >= 0.3 is 0 Å². The largest absolute Gasteiger partial charge is 0.497 e. The van der Waals surface area contributed by atoms with Gasteiger partial charge in [0.25, 0.3) is 0 Å². The van der Waals surface area contributed by atoms with E-state index in [4.69, 9.17) is 16.3 Å². The Hall–Kier alpha value is -3.56. The minimum Gasteiger partial charge on any atom is -0.497 e. The molecule has 2 amide bonds. The van der Waals surface area contributed by atoms with Crippen LogP contribution in [0, 0.1) is 12.8 Å². The van der Waals surface area contributed by atoms with Crippen LogP contribution in [-0.4, -0.2) is 57.6 Å². The third kappa shape index (κ3) is 9.23. The van der Waals surface area contributed by atoms with Crippen LogP contribution in [0.15, 0.2) is 72.8 Å². The highest BCUT2D eigenvalue weighted by Gasteiger charge is 2.33. The zero-order valence-corrected chi connectivity index (χ0v) is 25.7. The maximum absolute atomic E-state index is 14.2. The van der Waals surface area contributed by atoms with E-state index in [1.807, 2.05) is 56.3 Å². The number of carbonyl (C=O) groups is 2. The van der Waals surface area contributed by atoms with E-state index in [0.29, 0.717) is 28.6 Å². The summed E-state index contributed by atoms with van der Waals surface area (Å²) in [6.45, 7) is 5.72. The third-order valence-electron chi connectivity index (χ3n) is 6.55. The topological polar surface area (TPSA) is 96.0 Å². The lowest BCUT2D eigenvalue weighted by Crippen LogP contribution is -2.53. The number of amides is 2. The van der Waals surface area contributed by atoms with Crippen LogP contribution in [-0.2, 0) is 32.6 Å². The molecule has 0 saturated heterocycles. The van der Waals surface area contributed by atoms with Crippen LogP contribution in [0.1, 0.15) is 30.5 Å². The van der Waals surface area contributed by atoms with Crippen molar-refractivity contribution in [2.45, 2.75) is 39.8 Å². The van der Waals surface area contributed by atoms with Crippen LogP contribution in [0.2, 0.25) is 5.02 Å². The van der Waals surface area contributed by atoms with Gasteiger partial charge in [0.1, 0.15) is 18.3 Å². The summed E-state index contributed by atoms with van der Waals surface area (Å²) in [4.78, 5) is 29.3. The zero-order chi connectivity index (χ0) is 30.2. The Morgan fingerprint density at radius 3 is 2.27 bits per heavy atom. The summed E-state index contributed by atoms with van der Waals surface area (Å²) in [5.74, 6) is -0.0265. The molecule has 1 N–H and O–H groups in total. The van der Waals surface area contributed by atoms with Crippen LogP contribution in [0.5, 0.6) is 5.75 Å². The van der Waals surface area contributed by atoms with Gasteiger partial charge in [-0.3, -0.25) is 13.9 Å². The Labute approximate surface area is 248 Å².